The lowest BCUT2D eigenvalue weighted by Gasteiger charge is -2.30. The first-order chi connectivity index (χ1) is 5.72. The quantitative estimate of drug-likeness (QED) is 0.730. The molecule has 0 aliphatic rings. The minimum absolute atomic E-state index is 0.108. The van der Waals surface area contributed by atoms with Gasteiger partial charge in [0.05, 0.1) is 6.42 Å². The summed E-state index contributed by atoms with van der Waals surface area (Å²) in [5.41, 5.74) is 0.224. The number of carbonyl (C=O) groups is 1. The van der Waals surface area contributed by atoms with E-state index < -0.39 is 5.97 Å². The number of rotatable bonds is 4. The van der Waals surface area contributed by atoms with Gasteiger partial charge in [-0.15, -0.1) is 0 Å². The average molecular weight is 187 g/mol. The Kier molecular flexibility index (Phi) is 4.40. The SMILES string of the molecule is CC(CC(=O)O)N(C)CC(C)(C)C. The molecule has 0 saturated heterocycles. The molecule has 3 nitrogen and oxygen atoms in total. The third-order valence-electron chi connectivity index (χ3n) is 1.95. The van der Waals surface area contributed by atoms with Gasteiger partial charge in [-0.1, -0.05) is 20.8 Å². The molecule has 0 aromatic heterocycles. The molecule has 3 heteroatoms. The monoisotopic (exact) mass is 187 g/mol. The van der Waals surface area contributed by atoms with Gasteiger partial charge in [0, 0.05) is 12.6 Å². The lowest BCUT2D eigenvalue weighted by atomic mass is 9.95. The Balaban J connectivity index is 3.96. The van der Waals surface area contributed by atoms with Crippen LogP contribution < -0.4 is 0 Å². The van der Waals surface area contributed by atoms with E-state index in [9.17, 15) is 4.79 Å². The van der Waals surface area contributed by atoms with Crippen LogP contribution in [0.4, 0.5) is 0 Å². The number of hydrogen-bond donors (Lipinski definition) is 1. The van der Waals surface area contributed by atoms with E-state index in [1.807, 2.05) is 14.0 Å². The predicted octanol–water partition coefficient (Wildman–Crippen LogP) is 1.83. The number of hydrogen-bond acceptors (Lipinski definition) is 2. The zero-order valence-electron chi connectivity index (χ0n) is 9.29. The molecule has 0 heterocycles. The van der Waals surface area contributed by atoms with Gasteiger partial charge in [0.25, 0.3) is 0 Å². The summed E-state index contributed by atoms with van der Waals surface area (Å²) in [5.74, 6) is -0.728. The first-order valence-corrected chi connectivity index (χ1v) is 4.64. The highest BCUT2D eigenvalue weighted by Crippen LogP contribution is 2.16. The van der Waals surface area contributed by atoms with Crippen molar-refractivity contribution in [2.75, 3.05) is 13.6 Å². The van der Waals surface area contributed by atoms with Crippen molar-refractivity contribution in [1.82, 2.24) is 4.90 Å². The fourth-order valence-corrected chi connectivity index (χ4v) is 1.31. The highest BCUT2D eigenvalue weighted by atomic mass is 16.4. The molecule has 1 atom stereocenters. The van der Waals surface area contributed by atoms with Gasteiger partial charge in [0.2, 0.25) is 0 Å². The molecule has 0 amide bonds. The Morgan fingerprint density at radius 3 is 2.23 bits per heavy atom. The lowest BCUT2D eigenvalue weighted by molar-refractivity contribution is -0.138. The van der Waals surface area contributed by atoms with Crippen LogP contribution in [0.5, 0.6) is 0 Å². The molecular formula is C10H21NO2. The third-order valence-corrected chi connectivity index (χ3v) is 1.95. The molecule has 0 aromatic rings. The van der Waals surface area contributed by atoms with Crippen LogP contribution in [0.2, 0.25) is 0 Å². The number of aliphatic carboxylic acids is 1. The Morgan fingerprint density at radius 1 is 1.46 bits per heavy atom. The molecule has 1 unspecified atom stereocenters. The second-order valence-corrected chi connectivity index (χ2v) is 4.92. The van der Waals surface area contributed by atoms with Gasteiger partial charge in [0.15, 0.2) is 0 Å². The van der Waals surface area contributed by atoms with Crippen LogP contribution in [0.1, 0.15) is 34.1 Å². The van der Waals surface area contributed by atoms with E-state index in [-0.39, 0.29) is 17.9 Å². The van der Waals surface area contributed by atoms with Gasteiger partial charge in [0.1, 0.15) is 0 Å². The fourth-order valence-electron chi connectivity index (χ4n) is 1.31. The van der Waals surface area contributed by atoms with Gasteiger partial charge in [-0.05, 0) is 19.4 Å². The third kappa shape index (κ3) is 6.58. The average Bonchev–Trinajstić information content (AvgIpc) is 1.81. The molecule has 0 aliphatic carbocycles. The minimum atomic E-state index is -0.728. The molecule has 0 aromatic carbocycles. The fraction of sp³-hybridized carbons (Fsp3) is 0.900. The summed E-state index contributed by atoms with van der Waals surface area (Å²) in [6.45, 7) is 9.31. The molecular weight excluding hydrogens is 166 g/mol. The van der Waals surface area contributed by atoms with E-state index in [1.54, 1.807) is 0 Å². The maximum atomic E-state index is 10.5. The molecule has 0 bridgehead atoms. The van der Waals surface area contributed by atoms with E-state index in [1.165, 1.54) is 0 Å². The van der Waals surface area contributed by atoms with Crippen molar-refractivity contribution < 1.29 is 9.90 Å². The molecule has 0 saturated carbocycles. The predicted molar refractivity (Wildman–Crippen MR) is 53.8 cm³/mol. The van der Waals surface area contributed by atoms with Crippen LogP contribution >= 0.6 is 0 Å². The molecule has 78 valence electrons. The van der Waals surface area contributed by atoms with Crippen molar-refractivity contribution in [1.29, 1.82) is 0 Å². The first kappa shape index (κ1) is 12.4. The van der Waals surface area contributed by atoms with Crippen molar-refractivity contribution in [2.24, 2.45) is 5.41 Å². The summed E-state index contributed by atoms with van der Waals surface area (Å²) in [6.07, 6.45) is 0.215. The minimum Gasteiger partial charge on any atom is -0.481 e. The molecule has 0 spiro atoms. The number of carboxylic acid groups (broad SMARTS) is 1. The number of nitrogens with zero attached hydrogens (tertiary/aromatic N) is 1. The summed E-state index contributed by atoms with van der Waals surface area (Å²) in [7, 11) is 1.97. The normalized spacial score (nSPS) is 14.6. The molecule has 0 radical (unpaired) electrons. The van der Waals surface area contributed by atoms with Gasteiger partial charge >= 0.3 is 5.97 Å². The van der Waals surface area contributed by atoms with Gasteiger partial charge in [-0.25, -0.2) is 0 Å². The van der Waals surface area contributed by atoms with Crippen LogP contribution in [0.15, 0.2) is 0 Å². The molecule has 0 aliphatic heterocycles. The highest BCUT2D eigenvalue weighted by Gasteiger charge is 2.18. The maximum absolute atomic E-state index is 10.5. The van der Waals surface area contributed by atoms with E-state index >= 15 is 0 Å². The summed E-state index contributed by atoms with van der Waals surface area (Å²) < 4.78 is 0. The van der Waals surface area contributed by atoms with Crippen molar-refractivity contribution in [2.45, 2.75) is 40.2 Å². The zero-order chi connectivity index (χ0) is 10.6. The Bertz CT molecular complexity index is 172. The van der Waals surface area contributed by atoms with Crippen molar-refractivity contribution in [3.8, 4) is 0 Å². The number of carboxylic acids is 1. The zero-order valence-corrected chi connectivity index (χ0v) is 9.29. The largest absolute Gasteiger partial charge is 0.481 e. The highest BCUT2D eigenvalue weighted by molar-refractivity contribution is 5.67. The summed E-state index contributed by atoms with van der Waals surface area (Å²) in [5, 5.41) is 8.60. The van der Waals surface area contributed by atoms with E-state index in [0.29, 0.717) is 0 Å². The van der Waals surface area contributed by atoms with Crippen molar-refractivity contribution in [3.05, 3.63) is 0 Å². The van der Waals surface area contributed by atoms with Crippen LogP contribution in [-0.2, 0) is 4.79 Å². The Morgan fingerprint density at radius 2 is 1.92 bits per heavy atom. The van der Waals surface area contributed by atoms with Crippen LogP contribution in [0.3, 0.4) is 0 Å². The maximum Gasteiger partial charge on any atom is 0.304 e. The van der Waals surface area contributed by atoms with Gasteiger partial charge in [-0.3, -0.25) is 4.79 Å². The Hall–Kier alpha value is -0.570. The summed E-state index contributed by atoms with van der Waals surface area (Å²) in [6, 6.07) is 0.108. The van der Waals surface area contributed by atoms with Crippen LogP contribution in [0.25, 0.3) is 0 Å². The van der Waals surface area contributed by atoms with Crippen molar-refractivity contribution in [3.63, 3.8) is 0 Å². The smallest absolute Gasteiger partial charge is 0.304 e. The topological polar surface area (TPSA) is 40.5 Å². The standard InChI is InChI=1S/C10H21NO2/c1-8(6-9(12)13)11(5)7-10(2,3)4/h8H,6-7H2,1-5H3,(H,12,13). The second kappa shape index (κ2) is 4.61. The van der Waals surface area contributed by atoms with Gasteiger partial charge < -0.3 is 10.0 Å². The summed E-state index contributed by atoms with van der Waals surface area (Å²) in [4.78, 5) is 12.5. The second-order valence-electron chi connectivity index (χ2n) is 4.92. The first-order valence-electron chi connectivity index (χ1n) is 4.64. The van der Waals surface area contributed by atoms with Crippen molar-refractivity contribution >= 4 is 5.97 Å². The van der Waals surface area contributed by atoms with Gasteiger partial charge in [-0.2, -0.15) is 0 Å². The molecule has 1 N–H and O–H groups in total. The van der Waals surface area contributed by atoms with E-state index in [4.69, 9.17) is 5.11 Å². The van der Waals surface area contributed by atoms with E-state index in [2.05, 4.69) is 25.7 Å². The Labute approximate surface area is 80.7 Å². The molecule has 0 rings (SSSR count). The van der Waals surface area contributed by atoms with Crippen LogP contribution in [0, 0.1) is 5.41 Å². The lowest BCUT2D eigenvalue weighted by Crippen LogP contribution is -2.37. The van der Waals surface area contributed by atoms with E-state index in [0.717, 1.165) is 6.54 Å². The summed E-state index contributed by atoms with van der Waals surface area (Å²) >= 11 is 0. The molecule has 0 fully saturated rings. The van der Waals surface area contributed by atoms with Crippen LogP contribution in [-0.4, -0.2) is 35.6 Å². The molecule has 13 heavy (non-hydrogen) atoms.